The van der Waals surface area contributed by atoms with Crippen LogP contribution in [0.1, 0.15) is 32.3 Å². The van der Waals surface area contributed by atoms with Crippen molar-refractivity contribution in [1.29, 1.82) is 5.26 Å². The van der Waals surface area contributed by atoms with Gasteiger partial charge in [0.05, 0.1) is 18.7 Å². The highest BCUT2D eigenvalue weighted by Gasteiger charge is 2.41. The van der Waals surface area contributed by atoms with Crippen LogP contribution < -0.4 is 10.6 Å². The van der Waals surface area contributed by atoms with Crippen LogP contribution in [0.4, 0.5) is 4.79 Å². The summed E-state index contributed by atoms with van der Waals surface area (Å²) >= 11 is 0. The quantitative estimate of drug-likeness (QED) is 0.823. The summed E-state index contributed by atoms with van der Waals surface area (Å²) in [5.74, 6) is 1.19. The van der Waals surface area contributed by atoms with Crippen LogP contribution in [0.25, 0.3) is 0 Å². The third kappa shape index (κ3) is 3.98. The Hall–Kier alpha value is -2.55. The van der Waals surface area contributed by atoms with Crippen LogP contribution in [-0.2, 0) is 6.42 Å². The van der Waals surface area contributed by atoms with E-state index in [1.54, 1.807) is 0 Å². The van der Waals surface area contributed by atoms with Crippen LogP contribution in [0.2, 0.25) is 0 Å². The van der Waals surface area contributed by atoms with E-state index in [4.69, 9.17) is 0 Å². The SMILES string of the molecule is CC(C)CC(C1=NCC(C#N)(Cc2ccccc2)N1)N1CCCNC1=O. The van der Waals surface area contributed by atoms with Gasteiger partial charge in [-0.2, -0.15) is 5.26 Å². The van der Waals surface area contributed by atoms with Crippen molar-refractivity contribution < 1.29 is 4.79 Å². The van der Waals surface area contributed by atoms with E-state index < -0.39 is 5.54 Å². The van der Waals surface area contributed by atoms with Crippen LogP contribution >= 0.6 is 0 Å². The molecule has 1 fully saturated rings. The number of amides is 2. The van der Waals surface area contributed by atoms with Crippen molar-refractivity contribution in [1.82, 2.24) is 15.5 Å². The average Bonchev–Trinajstić information content (AvgIpc) is 3.05. The normalized spacial score (nSPS) is 23.8. The van der Waals surface area contributed by atoms with E-state index in [1.165, 1.54) is 0 Å². The number of urea groups is 1. The Morgan fingerprint density at radius 1 is 1.35 bits per heavy atom. The predicted octanol–water partition coefficient (Wildman–Crippen LogP) is 2.32. The molecule has 0 aliphatic carbocycles. The minimum absolute atomic E-state index is 0.0380. The zero-order chi connectivity index (χ0) is 18.6. The fourth-order valence-electron chi connectivity index (χ4n) is 3.66. The molecule has 6 nitrogen and oxygen atoms in total. The maximum atomic E-state index is 12.4. The molecule has 3 rings (SSSR count). The third-order valence-electron chi connectivity index (χ3n) is 4.95. The molecule has 138 valence electrons. The molecule has 1 aromatic rings. The van der Waals surface area contributed by atoms with Gasteiger partial charge in [0.2, 0.25) is 0 Å². The topological polar surface area (TPSA) is 80.5 Å². The molecule has 0 radical (unpaired) electrons. The molecule has 2 unspecified atom stereocenters. The van der Waals surface area contributed by atoms with Crippen molar-refractivity contribution in [3.63, 3.8) is 0 Å². The van der Waals surface area contributed by atoms with Crippen molar-refractivity contribution in [2.75, 3.05) is 19.6 Å². The van der Waals surface area contributed by atoms with E-state index in [0.29, 0.717) is 18.9 Å². The number of amidine groups is 1. The summed E-state index contributed by atoms with van der Waals surface area (Å²) in [4.78, 5) is 18.9. The largest absolute Gasteiger partial charge is 0.352 e. The highest BCUT2D eigenvalue weighted by Crippen LogP contribution is 2.23. The van der Waals surface area contributed by atoms with Crippen molar-refractivity contribution in [2.45, 2.75) is 44.7 Å². The number of carbonyl (C=O) groups excluding carboxylic acids is 1. The standard InChI is InChI=1S/C20H27N5O/c1-15(2)11-17(25-10-6-9-22-19(25)26)18-23-14-20(13-21,24-18)12-16-7-4-3-5-8-16/h3-5,7-8,15,17H,6,9-12,14H2,1-2H3,(H,22,26)(H,23,24). The van der Waals surface area contributed by atoms with Gasteiger partial charge in [-0.15, -0.1) is 0 Å². The molecule has 2 aliphatic heterocycles. The van der Waals surface area contributed by atoms with Crippen LogP contribution in [0.5, 0.6) is 0 Å². The van der Waals surface area contributed by atoms with Crippen molar-refractivity contribution in [3.05, 3.63) is 35.9 Å². The van der Waals surface area contributed by atoms with Crippen LogP contribution in [0, 0.1) is 17.2 Å². The van der Waals surface area contributed by atoms with Crippen LogP contribution in [0.15, 0.2) is 35.3 Å². The molecule has 26 heavy (non-hydrogen) atoms. The summed E-state index contributed by atoms with van der Waals surface area (Å²) in [5, 5.41) is 16.2. The molecular weight excluding hydrogens is 326 g/mol. The van der Waals surface area contributed by atoms with E-state index in [-0.39, 0.29) is 12.1 Å². The summed E-state index contributed by atoms with van der Waals surface area (Å²) in [6.45, 7) is 6.15. The Morgan fingerprint density at radius 2 is 2.12 bits per heavy atom. The number of nitrogens with one attached hydrogen (secondary N) is 2. The molecule has 1 saturated heterocycles. The van der Waals surface area contributed by atoms with Gasteiger partial charge in [0.1, 0.15) is 11.4 Å². The summed E-state index contributed by atoms with van der Waals surface area (Å²) < 4.78 is 0. The molecule has 2 amide bonds. The lowest BCUT2D eigenvalue weighted by atomic mass is 9.92. The Balaban J connectivity index is 1.78. The first-order valence-corrected chi connectivity index (χ1v) is 9.35. The molecule has 0 saturated carbocycles. The zero-order valence-electron chi connectivity index (χ0n) is 15.5. The first kappa shape index (κ1) is 18.2. The van der Waals surface area contributed by atoms with Gasteiger partial charge >= 0.3 is 6.03 Å². The highest BCUT2D eigenvalue weighted by molar-refractivity contribution is 5.93. The van der Waals surface area contributed by atoms with Crippen LogP contribution in [0.3, 0.4) is 0 Å². The Morgan fingerprint density at radius 3 is 2.77 bits per heavy atom. The maximum Gasteiger partial charge on any atom is 0.318 e. The molecule has 1 aromatic carbocycles. The predicted molar refractivity (Wildman–Crippen MR) is 102 cm³/mol. The molecule has 6 heteroatoms. The molecular formula is C20H27N5O. The summed E-state index contributed by atoms with van der Waals surface area (Å²) in [6.07, 6.45) is 2.35. The van der Waals surface area contributed by atoms with Crippen molar-refractivity contribution in [2.24, 2.45) is 10.9 Å². The minimum atomic E-state index is -0.738. The number of nitriles is 1. The lowest BCUT2D eigenvalue weighted by molar-refractivity contribution is 0.169. The summed E-state index contributed by atoms with van der Waals surface area (Å²) in [7, 11) is 0. The first-order chi connectivity index (χ1) is 12.5. The maximum absolute atomic E-state index is 12.4. The fourth-order valence-corrected chi connectivity index (χ4v) is 3.66. The Kier molecular flexibility index (Phi) is 5.46. The number of hydrogen-bond donors (Lipinski definition) is 2. The van der Waals surface area contributed by atoms with Crippen molar-refractivity contribution >= 4 is 11.9 Å². The molecule has 2 atom stereocenters. The van der Waals surface area contributed by atoms with E-state index >= 15 is 0 Å². The molecule has 0 bridgehead atoms. The number of nitrogens with zero attached hydrogens (tertiary/aromatic N) is 3. The van der Waals surface area contributed by atoms with Gasteiger partial charge in [-0.05, 0) is 24.3 Å². The molecule has 0 aromatic heterocycles. The molecule has 2 heterocycles. The smallest absolute Gasteiger partial charge is 0.318 e. The highest BCUT2D eigenvalue weighted by atomic mass is 16.2. The summed E-state index contributed by atoms with van der Waals surface area (Å²) in [6, 6.07) is 12.3. The molecule has 2 aliphatic rings. The Labute approximate surface area is 155 Å². The number of carbonyl (C=O) groups is 1. The number of benzene rings is 1. The number of rotatable bonds is 6. The minimum Gasteiger partial charge on any atom is -0.352 e. The molecule has 2 N–H and O–H groups in total. The zero-order valence-corrected chi connectivity index (χ0v) is 15.5. The van der Waals surface area contributed by atoms with Gasteiger partial charge in [-0.25, -0.2) is 4.79 Å². The molecule has 0 spiro atoms. The number of aliphatic imine (C=N–C) groups is 1. The van der Waals surface area contributed by atoms with Gasteiger partial charge in [0.15, 0.2) is 0 Å². The van der Waals surface area contributed by atoms with E-state index in [9.17, 15) is 10.1 Å². The third-order valence-corrected chi connectivity index (χ3v) is 4.95. The number of hydrogen-bond acceptors (Lipinski definition) is 4. The van der Waals surface area contributed by atoms with Gasteiger partial charge in [-0.1, -0.05) is 44.2 Å². The Bertz CT molecular complexity index is 709. The van der Waals surface area contributed by atoms with Crippen LogP contribution in [-0.4, -0.2) is 48.0 Å². The monoisotopic (exact) mass is 353 g/mol. The van der Waals surface area contributed by atoms with Gasteiger partial charge < -0.3 is 15.5 Å². The van der Waals surface area contributed by atoms with Gasteiger partial charge in [0, 0.05) is 19.5 Å². The van der Waals surface area contributed by atoms with E-state index in [1.807, 2.05) is 35.2 Å². The average molecular weight is 353 g/mol. The van der Waals surface area contributed by atoms with Crippen molar-refractivity contribution in [3.8, 4) is 6.07 Å². The first-order valence-electron chi connectivity index (χ1n) is 9.35. The van der Waals surface area contributed by atoms with E-state index in [2.05, 4.69) is 35.5 Å². The van der Waals surface area contributed by atoms with Gasteiger partial charge in [0.25, 0.3) is 0 Å². The summed E-state index contributed by atoms with van der Waals surface area (Å²) in [5.41, 5.74) is 0.368. The fraction of sp³-hybridized carbons (Fsp3) is 0.550. The second-order valence-electron chi connectivity index (χ2n) is 7.61. The van der Waals surface area contributed by atoms with Gasteiger partial charge in [-0.3, -0.25) is 4.99 Å². The second kappa shape index (κ2) is 7.77. The van der Waals surface area contributed by atoms with E-state index in [0.717, 1.165) is 37.3 Å². The lowest BCUT2D eigenvalue weighted by Gasteiger charge is -2.36. The lowest BCUT2D eigenvalue weighted by Crippen LogP contribution is -2.58. The second-order valence-corrected chi connectivity index (χ2v) is 7.61.